The molecule has 0 N–H and O–H groups in total. The van der Waals surface area contributed by atoms with Crippen LogP contribution >= 0.6 is 11.6 Å². The van der Waals surface area contributed by atoms with E-state index in [4.69, 9.17) is 16.6 Å². The lowest BCUT2D eigenvalue weighted by atomic mass is 10.1. The van der Waals surface area contributed by atoms with Crippen LogP contribution in [0.2, 0.25) is 5.02 Å². The molecule has 0 aliphatic rings. The van der Waals surface area contributed by atoms with Crippen LogP contribution in [0.1, 0.15) is 25.8 Å². The molecule has 0 spiro atoms. The van der Waals surface area contributed by atoms with E-state index < -0.39 is 0 Å². The summed E-state index contributed by atoms with van der Waals surface area (Å²) in [6.07, 6.45) is 1.10. The van der Waals surface area contributed by atoms with Gasteiger partial charge < -0.3 is 9.47 Å². The molecule has 0 amide bonds. The van der Waals surface area contributed by atoms with Crippen LogP contribution in [-0.4, -0.2) is 34.1 Å². The van der Waals surface area contributed by atoms with Gasteiger partial charge in [-0.05, 0) is 51.2 Å². The summed E-state index contributed by atoms with van der Waals surface area (Å²) in [4.78, 5) is 7.34. The number of benzene rings is 2. The number of aryl methyl sites for hydroxylation is 2. The number of hydrogen-bond acceptors (Lipinski definition) is 2. The lowest BCUT2D eigenvalue weighted by Crippen LogP contribution is -2.24. The van der Waals surface area contributed by atoms with Crippen LogP contribution < -0.4 is 0 Å². The Labute approximate surface area is 155 Å². The van der Waals surface area contributed by atoms with Crippen molar-refractivity contribution in [1.29, 1.82) is 0 Å². The van der Waals surface area contributed by atoms with Gasteiger partial charge >= 0.3 is 0 Å². The second-order valence-corrected chi connectivity index (χ2v) is 6.90. The minimum Gasteiger partial charge on any atom is -0.324 e. The van der Waals surface area contributed by atoms with E-state index in [0.717, 1.165) is 60.0 Å². The summed E-state index contributed by atoms with van der Waals surface area (Å²) in [6.45, 7) is 10.8. The molecule has 0 fully saturated rings. The number of hydrogen-bond donors (Lipinski definition) is 0. The summed E-state index contributed by atoms with van der Waals surface area (Å²) >= 11 is 6.25. The van der Waals surface area contributed by atoms with E-state index in [1.165, 1.54) is 5.56 Å². The van der Waals surface area contributed by atoms with Crippen LogP contribution in [0.5, 0.6) is 0 Å². The van der Waals surface area contributed by atoms with Gasteiger partial charge in [0, 0.05) is 17.1 Å². The Kier molecular flexibility index (Phi) is 5.77. The molecule has 4 heteroatoms. The highest BCUT2D eigenvalue weighted by Gasteiger charge is 2.13. The highest BCUT2D eigenvalue weighted by atomic mass is 35.5. The first-order valence-electron chi connectivity index (χ1n) is 9.07. The second kappa shape index (κ2) is 8.03. The fourth-order valence-corrected chi connectivity index (χ4v) is 3.40. The minimum absolute atomic E-state index is 0.757. The normalized spacial score (nSPS) is 11.6. The van der Waals surface area contributed by atoms with Crippen LogP contribution in [0.3, 0.4) is 0 Å². The Morgan fingerprint density at radius 3 is 2.44 bits per heavy atom. The molecule has 2 aromatic carbocycles. The lowest BCUT2D eigenvalue weighted by molar-refractivity contribution is 0.294. The SMILES string of the molecule is CCN(CC)CCCn1c(-c2ccc(C)cc2)nc2ccc(Cl)cc21. The highest BCUT2D eigenvalue weighted by Crippen LogP contribution is 2.27. The zero-order valence-corrected chi connectivity index (χ0v) is 16.1. The van der Waals surface area contributed by atoms with Crippen molar-refractivity contribution in [3.63, 3.8) is 0 Å². The Balaban J connectivity index is 1.96. The molecule has 3 aromatic rings. The number of imidazole rings is 1. The summed E-state index contributed by atoms with van der Waals surface area (Å²) < 4.78 is 2.31. The smallest absolute Gasteiger partial charge is 0.141 e. The summed E-state index contributed by atoms with van der Waals surface area (Å²) in [5, 5.41) is 0.757. The van der Waals surface area contributed by atoms with E-state index in [0.29, 0.717) is 0 Å². The number of halogens is 1. The molecule has 0 aliphatic heterocycles. The van der Waals surface area contributed by atoms with Crippen molar-refractivity contribution < 1.29 is 0 Å². The average molecular weight is 356 g/mol. The molecule has 3 rings (SSSR count). The van der Waals surface area contributed by atoms with Gasteiger partial charge in [-0.2, -0.15) is 0 Å². The molecule has 132 valence electrons. The van der Waals surface area contributed by atoms with Crippen LogP contribution in [0, 0.1) is 6.92 Å². The van der Waals surface area contributed by atoms with Crippen molar-refractivity contribution in [2.24, 2.45) is 0 Å². The van der Waals surface area contributed by atoms with Gasteiger partial charge in [0.05, 0.1) is 11.0 Å². The zero-order chi connectivity index (χ0) is 17.8. The fourth-order valence-electron chi connectivity index (χ4n) is 3.24. The monoisotopic (exact) mass is 355 g/mol. The predicted octanol–water partition coefficient (Wildman–Crippen LogP) is 5.40. The van der Waals surface area contributed by atoms with Crippen molar-refractivity contribution in [3.05, 3.63) is 53.1 Å². The van der Waals surface area contributed by atoms with Gasteiger partial charge in [-0.15, -0.1) is 0 Å². The van der Waals surface area contributed by atoms with Gasteiger partial charge in [-0.3, -0.25) is 0 Å². The summed E-state index contributed by atoms with van der Waals surface area (Å²) in [6, 6.07) is 14.5. The lowest BCUT2D eigenvalue weighted by Gasteiger charge is -2.18. The molecular weight excluding hydrogens is 330 g/mol. The standard InChI is InChI=1S/C21H26ClN3/c1-4-24(5-2)13-6-14-25-20-15-18(22)11-12-19(20)23-21(25)17-9-7-16(3)8-10-17/h7-12,15H,4-6,13-14H2,1-3H3. The molecule has 0 saturated heterocycles. The van der Waals surface area contributed by atoms with Crippen LogP contribution in [-0.2, 0) is 6.54 Å². The van der Waals surface area contributed by atoms with E-state index in [1.54, 1.807) is 0 Å². The quantitative estimate of drug-likeness (QED) is 0.566. The van der Waals surface area contributed by atoms with Crippen LogP contribution in [0.25, 0.3) is 22.4 Å². The Bertz CT molecular complexity index is 832. The van der Waals surface area contributed by atoms with Gasteiger partial charge in [0.25, 0.3) is 0 Å². The molecule has 0 radical (unpaired) electrons. The van der Waals surface area contributed by atoms with Crippen molar-refractivity contribution in [2.75, 3.05) is 19.6 Å². The molecule has 1 aromatic heterocycles. The van der Waals surface area contributed by atoms with Crippen molar-refractivity contribution in [2.45, 2.75) is 33.7 Å². The fraction of sp³-hybridized carbons (Fsp3) is 0.381. The zero-order valence-electron chi connectivity index (χ0n) is 15.3. The van der Waals surface area contributed by atoms with E-state index in [1.807, 2.05) is 18.2 Å². The van der Waals surface area contributed by atoms with E-state index in [9.17, 15) is 0 Å². The third-order valence-electron chi connectivity index (χ3n) is 4.77. The molecule has 3 nitrogen and oxygen atoms in total. The van der Waals surface area contributed by atoms with Gasteiger partial charge in [0.15, 0.2) is 0 Å². The molecule has 0 aliphatic carbocycles. The van der Waals surface area contributed by atoms with Gasteiger partial charge in [0.1, 0.15) is 5.82 Å². The first kappa shape index (κ1) is 18.0. The van der Waals surface area contributed by atoms with Gasteiger partial charge in [-0.1, -0.05) is 55.3 Å². The molecule has 25 heavy (non-hydrogen) atoms. The number of nitrogens with zero attached hydrogens (tertiary/aromatic N) is 3. The topological polar surface area (TPSA) is 21.1 Å². The minimum atomic E-state index is 0.757. The van der Waals surface area contributed by atoms with E-state index in [2.05, 4.69) is 54.5 Å². The van der Waals surface area contributed by atoms with Gasteiger partial charge in [-0.25, -0.2) is 4.98 Å². The molecule has 0 unspecified atom stereocenters. The maximum Gasteiger partial charge on any atom is 0.141 e. The van der Waals surface area contributed by atoms with Crippen molar-refractivity contribution in [1.82, 2.24) is 14.5 Å². The maximum atomic E-state index is 6.25. The van der Waals surface area contributed by atoms with Gasteiger partial charge in [0.2, 0.25) is 0 Å². The number of fused-ring (bicyclic) bond motifs is 1. The second-order valence-electron chi connectivity index (χ2n) is 6.47. The molecule has 0 atom stereocenters. The van der Waals surface area contributed by atoms with E-state index >= 15 is 0 Å². The Morgan fingerprint density at radius 1 is 1.04 bits per heavy atom. The third-order valence-corrected chi connectivity index (χ3v) is 5.01. The first-order valence-corrected chi connectivity index (χ1v) is 9.45. The summed E-state index contributed by atoms with van der Waals surface area (Å²) in [5.41, 5.74) is 4.53. The molecule has 0 saturated carbocycles. The Morgan fingerprint density at radius 2 is 1.76 bits per heavy atom. The Hall–Kier alpha value is -1.84. The maximum absolute atomic E-state index is 6.25. The molecule has 0 bridgehead atoms. The number of aromatic nitrogens is 2. The first-order chi connectivity index (χ1) is 12.1. The summed E-state index contributed by atoms with van der Waals surface area (Å²) in [7, 11) is 0. The third kappa shape index (κ3) is 4.05. The molecular formula is C21H26ClN3. The highest BCUT2D eigenvalue weighted by molar-refractivity contribution is 6.31. The van der Waals surface area contributed by atoms with Crippen LogP contribution in [0.15, 0.2) is 42.5 Å². The van der Waals surface area contributed by atoms with E-state index in [-0.39, 0.29) is 0 Å². The molecule has 1 heterocycles. The van der Waals surface area contributed by atoms with Crippen molar-refractivity contribution >= 4 is 22.6 Å². The summed E-state index contributed by atoms with van der Waals surface area (Å²) in [5.74, 6) is 1.02. The largest absolute Gasteiger partial charge is 0.324 e. The average Bonchev–Trinajstić information content (AvgIpc) is 2.97. The number of rotatable bonds is 7. The van der Waals surface area contributed by atoms with Crippen LogP contribution in [0.4, 0.5) is 0 Å². The van der Waals surface area contributed by atoms with Crippen molar-refractivity contribution in [3.8, 4) is 11.4 Å². The predicted molar refractivity (Wildman–Crippen MR) is 107 cm³/mol.